The van der Waals surface area contributed by atoms with Gasteiger partial charge in [0.1, 0.15) is 0 Å². The van der Waals surface area contributed by atoms with Crippen molar-refractivity contribution in [1.29, 1.82) is 0 Å². The number of nitrogens with two attached hydrogens (primary N) is 1. The Labute approximate surface area is 54.3 Å². The van der Waals surface area contributed by atoms with E-state index in [1.54, 1.807) is 0 Å². The van der Waals surface area contributed by atoms with E-state index in [0.29, 0.717) is 0 Å². The fraction of sp³-hybridized carbons (Fsp3) is 1.00. The zero-order valence-electron chi connectivity index (χ0n) is 6.08. The second kappa shape index (κ2) is 6.96. The van der Waals surface area contributed by atoms with E-state index in [4.69, 9.17) is 5.73 Å². The van der Waals surface area contributed by atoms with Gasteiger partial charge < -0.3 is 5.73 Å². The van der Waals surface area contributed by atoms with Gasteiger partial charge in [-0.3, -0.25) is 0 Å². The van der Waals surface area contributed by atoms with Crippen LogP contribution in [-0.2, 0) is 0 Å². The van der Waals surface area contributed by atoms with Gasteiger partial charge in [-0.15, -0.1) is 0 Å². The Balaban J connectivity index is -0.0000000750. The summed E-state index contributed by atoms with van der Waals surface area (Å²) in [5.41, 5.74) is 5.35. The molecule has 0 aliphatic carbocycles. The average molecular weight is 119 g/mol. The molecule has 0 rings (SSSR count). The molecule has 0 radical (unpaired) electrons. The molecule has 0 spiro atoms. The largest absolute Gasteiger partial charge is 0.326 e. The van der Waals surface area contributed by atoms with Crippen molar-refractivity contribution < 1.29 is 0 Å². The van der Waals surface area contributed by atoms with E-state index in [1.165, 1.54) is 0 Å². The van der Waals surface area contributed by atoms with Crippen molar-refractivity contribution in [2.75, 3.05) is 0 Å². The summed E-state index contributed by atoms with van der Waals surface area (Å²) in [4.78, 5) is 0. The molecule has 0 saturated heterocycles. The van der Waals surface area contributed by atoms with Crippen LogP contribution in [0, 0.1) is 0 Å². The molecule has 54 valence electrons. The highest BCUT2D eigenvalue weighted by atomic mass is 14.7. The molecule has 1 heteroatoms. The predicted molar refractivity (Wildman–Crippen MR) is 42.0 cm³/mol. The Morgan fingerprint density at radius 2 is 1.00 bits per heavy atom. The van der Waals surface area contributed by atoms with E-state index in [0.717, 1.165) is 0 Å². The Morgan fingerprint density at radius 1 is 1.00 bits per heavy atom. The molecule has 0 aliphatic rings. The second-order valence-corrected chi connectivity index (χ2v) is 2.37. The molecule has 0 amide bonds. The summed E-state index contributed by atoms with van der Waals surface area (Å²) in [6.45, 7) is 9.90. The van der Waals surface area contributed by atoms with Crippen molar-refractivity contribution in [1.82, 2.24) is 0 Å². The normalized spacial score (nSPS) is 8.25. The lowest BCUT2D eigenvalue weighted by Gasteiger charge is -2.06. The topological polar surface area (TPSA) is 26.0 Å². The van der Waals surface area contributed by atoms with E-state index < -0.39 is 0 Å². The van der Waals surface area contributed by atoms with Crippen LogP contribution in [0.15, 0.2) is 0 Å². The van der Waals surface area contributed by atoms with Crippen molar-refractivity contribution in [3.63, 3.8) is 0 Å². The molecule has 0 aromatic carbocycles. The van der Waals surface area contributed by atoms with Crippen molar-refractivity contribution in [3.05, 3.63) is 0 Å². The van der Waals surface area contributed by atoms with Gasteiger partial charge in [-0.05, 0) is 20.8 Å². The van der Waals surface area contributed by atoms with Crippen LogP contribution in [0.5, 0.6) is 0 Å². The summed E-state index contributed by atoms with van der Waals surface area (Å²) in [7, 11) is 0. The lowest BCUT2D eigenvalue weighted by atomic mass is 10.1. The Bertz CT molecular complexity index is 19.9. The van der Waals surface area contributed by atoms with Crippen LogP contribution in [0.3, 0.4) is 0 Å². The van der Waals surface area contributed by atoms with Crippen LogP contribution in [-0.4, -0.2) is 5.54 Å². The zero-order valence-corrected chi connectivity index (χ0v) is 6.08. The first-order valence-corrected chi connectivity index (χ1v) is 2.79. The smallest absolute Gasteiger partial charge is 0.00686 e. The fourth-order valence-corrected chi connectivity index (χ4v) is 0. The standard InChI is InChI=1S/C4H11N.C2H6.CH4/c1-4(2,3)5;1-2;/h5H2,1-3H3;1-2H3;1H4. The molecule has 0 bridgehead atoms. The van der Waals surface area contributed by atoms with Gasteiger partial charge in [0.2, 0.25) is 0 Å². The first kappa shape index (κ1) is 15.7. The van der Waals surface area contributed by atoms with Gasteiger partial charge in [-0.2, -0.15) is 0 Å². The van der Waals surface area contributed by atoms with Gasteiger partial charge >= 0.3 is 0 Å². The van der Waals surface area contributed by atoms with Gasteiger partial charge in [-0.1, -0.05) is 21.3 Å². The third-order valence-corrected chi connectivity index (χ3v) is 0. The average Bonchev–Trinajstić information content (AvgIpc) is 1.36. The van der Waals surface area contributed by atoms with E-state index >= 15 is 0 Å². The van der Waals surface area contributed by atoms with Crippen LogP contribution in [0.1, 0.15) is 42.0 Å². The van der Waals surface area contributed by atoms with E-state index in [-0.39, 0.29) is 13.0 Å². The third kappa shape index (κ3) is 91600. The summed E-state index contributed by atoms with van der Waals surface area (Å²) < 4.78 is 0. The van der Waals surface area contributed by atoms with Crippen LogP contribution >= 0.6 is 0 Å². The third-order valence-electron chi connectivity index (χ3n) is 0. The Hall–Kier alpha value is -0.0400. The number of rotatable bonds is 0. The summed E-state index contributed by atoms with van der Waals surface area (Å²) in [6.07, 6.45) is 0. The summed E-state index contributed by atoms with van der Waals surface area (Å²) in [5, 5.41) is 0. The number of hydrogen-bond donors (Lipinski definition) is 1. The fourth-order valence-electron chi connectivity index (χ4n) is 0. The lowest BCUT2D eigenvalue weighted by molar-refractivity contribution is 0.580. The Morgan fingerprint density at radius 3 is 1.00 bits per heavy atom. The van der Waals surface area contributed by atoms with Crippen molar-refractivity contribution in [3.8, 4) is 0 Å². The SMILES string of the molecule is C.CC.CC(C)(C)N. The minimum Gasteiger partial charge on any atom is -0.326 e. The molecule has 0 fully saturated rings. The van der Waals surface area contributed by atoms with E-state index in [1.807, 2.05) is 34.6 Å². The lowest BCUT2D eigenvalue weighted by Crippen LogP contribution is -2.26. The molecular formula is C7H21N. The maximum atomic E-state index is 5.35. The molecule has 2 N–H and O–H groups in total. The Kier molecular flexibility index (Phi) is 13.6. The highest BCUT2D eigenvalue weighted by Crippen LogP contribution is 1.88. The van der Waals surface area contributed by atoms with Crippen LogP contribution in [0.2, 0.25) is 0 Å². The summed E-state index contributed by atoms with van der Waals surface area (Å²) >= 11 is 0. The number of hydrogen-bond acceptors (Lipinski definition) is 1. The van der Waals surface area contributed by atoms with E-state index in [9.17, 15) is 0 Å². The molecule has 1 nitrogen and oxygen atoms in total. The molecule has 0 aromatic rings. The summed E-state index contributed by atoms with van der Waals surface area (Å²) in [6, 6.07) is 0. The van der Waals surface area contributed by atoms with E-state index in [2.05, 4.69) is 0 Å². The van der Waals surface area contributed by atoms with Gasteiger partial charge in [0.25, 0.3) is 0 Å². The van der Waals surface area contributed by atoms with Crippen LogP contribution in [0.4, 0.5) is 0 Å². The zero-order chi connectivity index (χ0) is 6.50. The highest BCUT2D eigenvalue weighted by Gasteiger charge is 1.95. The van der Waals surface area contributed by atoms with Gasteiger partial charge in [0.05, 0.1) is 0 Å². The first-order valence-electron chi connectivity index (χ1n) is 2.79. The van der Waals surface area contributed by atoms with Crippen molar-refractivity contribution in [2.45, 2.75) is 47.6 Å². The first-order chi connectivity index (χ1) is 3.00. The minimum absolute atomic E-state index is 0. The molecule has 0 atom stereocenters. The predicted octanol–water partition coefficient (Wildman–Crippen LogP) is 2.41. The molecule has 8 heavy (non-hydrogen) atoms. The second-order valence-electron chi connectivity index (χ2n) is 2.37. The monoisotopic (exact) mass is 119 g/mol. The molecular weight excluding hydrogens is 98.1 g/mol. The summed E-state index contributed by atoms with van der Waals surface area (Å²) in [5.74, 6) is 0. The highest BCUT2D eigenvalue weighted by molar-refractivity contribution is 4.60. The minimum atomic E-state index is 0. The quantitative estimate of drug-likeness (QED) is 0.520. The molecule has 0 aliphatic heterocycles. The van der Waals surface area contributed by atoms with Gasteiger partial charge in [-0.25, -0.2) is 0 Å². The van der Waals surface area contributed by atoms with Crippen molar-refractivity contribution in [2.24, 2.45) is 5.73 Å². The van der Waals surface area contributed by atoms with Gasteiger partial charge in [0.15, 0.2) is 0 Å². The van der Waals surface area contributed by atoms with Gasteiger partial charge in [0, 0.05) is 5.54 Å². The molecule has 0 heterocycles. The van der Waals surface area contributed by atoms with Crippen molar-refractivity contribution >= 4 is 0 Å². The maximum Gasteiger partial charge on any atom is 0.00686 e. The maximum absolute atomic E-state index is 5.35. The molecule has 0 aromatic heterocycles. The van der Waals surface area contributed by atoms with Crippen LogP contribution in [0.25, 0.3) is 0 Å². The van der Waals surface area contributed by atoms with Crippen LogP contribution < -0.4 is 5.73 Å². The molecule has 0 saturated carbocycles. The molecule has 0 unspecified atom stereocenters.